The van der Waals surface area contributed by atoms with E-state index in [0.717, 1.165) is 19.3 Å². The monoisotopic (exact) mass is 225 g/mol. The van der Waals surface area contributed by atoms with Crippen molar-refractivity contribution in [1.82, 2.24) is 0 Å². The lowest BCUT2D eigenvalue weighted by Gasteiger charge is -2.39. The highest BCUT2D eigenvalue weighted by molar-refractivity contribution is 4.94. The summed E-state index contributed by atoms with van der Waals surface area (Å²) in [5.74, 6) is -0.671. The minimum atomic E-state index is -4.56. The molecule has 0 amide bonds. The maximum Gasteiger partial charge on any atom is 0.417 e. The summed E-state index contributed by atoms with van der Waals surface area (Å²) in [7, 11) is 0. The fourth-order valence-electron chi connectivity index (χ4n) is 2.38. The van der Waals surface area contributed by atoms with E-state index in [0.29, 0.717) is 12.8 Å². The molecule has 0 saturated heterocycles. The van der Waals surface area contributed by atoms with Crippen molar-refractivity contribution in [3.05, 3.63) is 0 Å². The van der Waals surface area contributed by atoms with Crippen molar-refractivity contribution in [2.24, 2.45) is 11.7 Å². The van der Waals surface area contributed by atoms with Crippen molar-refractivity contribution in [2.75, 3.05) is 6.54 Å². The smallest absolute Gasteiger partial charge is 0.380 e. The van der Waals surface area contributed by atoms with E-state index in [1.54, 1.807) is 0 Å². The maximum absolute atomic E-state index is 12.8. The Kier molecular flexibility index (Phi) is 4.00. The Labute approximate surface area is 87.6 Å². The zero-order chi connectivity index (χ0) is 11.5. The van der Waals surface area contributed by atoms with Gasteiger partial charge in [-0.05, 0) is 31.7 Å². The van der Waals surface area contributed by atoms with Crippen LogP contribution in [-0.4, -0.2) is 23.4 Å². The number of alkyl halides is 3. The van der Waals surface area contributed by atoms with Crippen molar-refractivity contribution in [3.63, 3.8) is 0 Å². The van der Waals surface area contributed by atoms with Crippen LogP contribution in [0.3, 0.4) is 0 Å². The van der Waals surface area contributed by atoms with E-state index in [1.807, 2.05) is 0 Å². The van der Waals surface area contributed by atoms with Crippen LogP contribution in [0.25, 0.3) is 0 Å². The third kappa shape index (κ3) is 2.64. The molecule has 0 radical (unpaired) electrons. The summed E-state index contributed by atoms with van der Waals surface area (Å²) in [5, 5.41) is 9.77. The van der Waals surface area contributed by atoms with E-state index < -0.39 is 17.7 Å². The highest BCUT2D eigenvalue weighted by Gasteiger charge is 2.57. The van der Waals surface area contributed by atoms with Gasteiger partial charge in [0.25, 0.3) is 0 Å². The van der Waals surface area contributed by atoms with Gasteiger partial charge in [-0.2, -0.15) is 13.2 Å². The summed E-state index contributed by atoms with van der Waals surface area (Å²) >= 11 is 0. The topological polar surface area (TPSA) is 46.2 Å². The van der Waals surface area contributed by atoms with Gasteiger partial charge < -0.3 is 10.8 Å². The molecule has 1 aliphatic rings. The molecular weight excluding hydrogens is 207 g/mol. The first-order valence-electron chi connectivity index (χ1n) is 5.41. The van der Waals surface area contributed by atoms with Gasteiger partial charge in [-0.15, -0.1) is 0 Å². The third-order valence-corrected chi connectivity index (χ3v) is 3.30. The molecule has 1 rings (SSSR count). The van der Waals surface area contributed by atoms with Gasteiger partial charge in [0.2, 0.25) is 0 Å². The van der Waals surface area contributed by atoms with Crippen LogP contribution in [0.1, 0.15) is 38.5 Å². The molecule has 0 aromatic heterocycles. The van der Waals surface area contributed by atoms with Crippen LogP contribution in [0.15, 0.2) is 0 Å². The van der Waals surface area contributed by atoms with Gasteiger partial charge in [0.15, 0.2) is 5.60 Å². The highest BCUT2D eigenvalue weighted by Crippen LogP contribution is 2.44. The van der Waals surface area contributed by atoms with Crippen molar-refractivity contribution in [2.45, 2.75) is 50.3 Å². The van der Waals surface area contributed by atoms with Crippen LogP contribution < -0.4 is 5.73 Å². The van der Waals surface area contributed by atoms with Crippen molar-refractivity contribution >= 4 is 0 Å². The van der Waals surface area contributed by atoms with Crippen LogP contribution >= 0.6 is 0 Å². The van der Waals surface area contributed by atoms with Gasteiger partial charge >= 0.3 is 6.18 Å². The molecule has 15 heavy (non-hydrogen) atoms. The Morgan fingerprint density at radius 1 is 1.13 bits per heavy atom. The van der Waals surface area contributed by atoms with Gasteiger partial charge in [-0.3, -0.25) is 0 Å². The summed E-state index contributed by atoms with van der Waals surface area (Å²) in [6.45, 7) is -0.132. The fraction of sp³-hybridized carbons (Fsp3) is 1.00. The van der Waals surface area contributed by atoms with Crippen molar-refractivity contribution in [1.29, 1.82) is 0 Å². The van der Waals surface area contributed by atoms with Gasteiger partial charge in [-0.25, -0.2) is 0 Å². The quantitative estimate of drug-likeness (QED) is 0.773. The van der Waals surface area contributed by atoms with Gasteiger partial charge in [0, 0.05) is 0 Å². The Balaban J connectivity index is 2.79. The Morgan fingerprint density at radius 3 is 2.07 bits per heavy atom. The molecule has 0 aromatic rings. The van der Waals surface area contributed by atoms with Crippen LogP contribution in [0.2, 0.25) is 0 Å². The van der Waals surface area contributed by atoms with E-state index in [1.165, 1.54) is 0 Å². The molecule has 0 spiro atoms. The standard InChI is InChI=1S/C10H18F3NO/c11-10(12,13)9(15,6-7-14)8-4-2-1-3-5-8/h8,15H,1-7,14H2. The molecule has 0 bridgehead atoms. The predicted octanol–water partition coefficient (Wildman–Crippen LogP) is 2.21. The number of rotatable bonds is 3. The highest BCUT2D eigenvalue weighted by atomic mass is 19.4. The molecule has 0 heterocycles. The lowest BCUT2D eigenvalue weighted by Crippen LogP contribution is -2.53. The molecule has 0 aliphatic heterocycles. The van der Waals surface area contributed by atoms with E-state index in [4.69, 9.17) is 5.73 Å². The minimum absolute atomic E-state index is 0.132. The van der Waals surface area contributed by atoms with E-state index in [-0.39, 0.29) is 13.0 Å². The molecule has 90 valence electrons. The van der Waals surface area contributed by atoms with Gasteiger partial charge in [0.1, 0.15) is 0 Å². The van der Waals surface area contributed by atoms with Crippen LogP contribution in [0, 0.1) is 5.92 Å². The van der Waals surface area contributed by atoms with Crippen molar-refractivity contribution in [3.8, 4) is 0 Å². The first-order valence-corrected chi connectivity index (χ1v) is 5.41. The average Bonchev–Trinajstić information content (AvgIpc) is 2.18. The molecule has 1 atom stereocenters. The molecule has 3 N–H and O–H groups in total. The Hall–Kier alpha value is -0.290. The number of hydrogen-bond donors (Lipinski definition) is 2. The third-order valence-electron chi connectivity index (χ3n) is 3.30. The van der Waals surface area contributed by atoms with Gasteiger partial charge in [0.05, 0.1) is 0 Å². The minimum Gasteiger partial charge on any atom is -0.380 e. The summed E-state index contributed by atoms with van der Waals surface area (Å²) < 4.78 is 38.3. The molecule has 5 heteroatoms. The molecule has 1 aliphatic carbocycles. The largest absolute Gasteiger partial charge is 0.417 e. The molecule has 1 saturated carbocycles. The summed E-state index contributed by atoms with van der Waals surface area (Å²) in [5.41, 5.74) is 2.59. The number of aliphatic hydroxyl groups is 1. The van der Waals surface area contributed by atoms with Crippen LogP contribution in [0.4, 0.5) is 13.2 Å². The normalized spacial score (nSPS) is 23.8. The first-order chi connectivity index (χ1) is 6.92. The predicted molar refractivity (Wildman–Crippen MR) is 51.3 cm³/mol. The van der Waals surface area contributed by atoms with Gasteiger partial charge in [-0.1, -0.05) is 19.3 Å². The summed E-state index contributed by atoms with van der Waals surface area (Å²) in [4.78, 5) is 0. The lowest BCUT2D eigenvalue weighted by molar-refractivity contribution is -0.284. The summed E-state index contributed by atoms with van der Waals surface area (Å²) in [6.07, 6.45) is -1.53. The Bertz CT molecular complexity index is 201. The zero-order valence-corrected chi connectivity index (χ0v) is 8.69. The zero-order valence-electron chi connectivity index (χ0n) is 8.69. The number of hydrogen-bond acceptors (Lipinski definition) is 2. The van der Waals surface area contributed by atoms with Crippen LogP contribution in [-0.2, 0) is 0 Å². The second kappa shape index (κ2) is 4.70. The second-order valence-electron chi connectivity index (χ2n) is 4.30. The molecule has 2 nitrogen and oxygen atoms in total. The fourth-order valence-corrected chi connectivity index (χ4v) is 2.38. The van der Waals surface area contributed by atoms with E-state index in [9.17, 15) is 18.3 Å². The number of halogens is 3. The molecule has 1 fully saturated rings. The second-order valence-corrected chi connectivity index (χ2v) is 4.30. The lowest BCUT2D eigenvalue weighted by atomic mass is 9.75. The first kappa shape index (κ1) is 12.8. The van der Waals surface area contributed by atoms with Crippen molar-refractivity contribution < 1.29 is 18.3 Å². The summed E-state index contributed by atoms with van der Waals surface area (Å²) in [6, 6.07) is 0. The molecular formula is C10H18F3NO. The average molecular weight is 225 g/mol. The van der Waals surface area contributed by atoms with E-state index in [2.05, 4.69) is 0 Å². The SMILES string of the molecule is NCCC(O)(C1CCCCC1)C(F)(F)F. The Morgan fingerprint density at radius 2 is 1.67 bits per heavy atom. The maximum atomic E-state index is 12.8. The van der Waals surface area contributed by atoms with E-state index >= 15 is 0 Å². The molecule has 1 unspecified atom stereocenters. The van der Waals surface area contributed by atoms with Crippen LogP contribution in [0.5, 0.6) is 0 Å². The molecule has 0 aromatic carbocycles. The number of nitrogens with two attached hydrogens (primary N) is 1.